The highest BCUT2D eigenvalue weighted by molar-refractivity contribution is 6.30. The maximum atomic E-state index is 13.0. The summed E-state index contributed by atoms with van der Waals surface area (Å²) in [5.41, 5.74) is 1.75. The summed E-state index contributed by atoms with van der Waals surface area (Å²) in [6.45, 7) is 0.521. The highest BCUT2D eigenvalue weighted by Gasteiger charge is 2.24. The fourth-order valence-electron chi connectivity index (χ4n) is 3.74. The normalized spacial score (nSPS) is 21.0. The molecule has 2 N–H and O–H groups in total. The predicted molar refractivity (Wildman–Crippen MR) is 132 cm³/mol. The molecule has 1 heterocycles. The van der Waals surface area contributed by atoms with Crippen molar-refractivity contribution in [2.24, 2.45) is 5.92 Å². The van der Waals surface area contributed by atoms with Crippen molar-refractivity contribution in [2.45, 2.75) is 51.2 Å². The Kier molecular flexibility index (Phi) is 10.2. The molecule has 0 aliphatic carbocycles. The third-order valence-electron chi connectivity index (χ3n) is 5.70. The number of hydrogen-bond acceptors (Lipinski definition) is 4. The average molecular weight is 483 g/mol. The smallest absolute Gasteiger partial charge is 0.306 e. The Hall–Kier alpha value is -3.12. The lowest BCUT2D eigenvalue weighted by Gasteiger charge is -2.21. The first-order valence-electron chi connectivity index (χ1n) is 11.7. The molecule has 0 saturated heterocycles. The first-order chi connectivity index (χ1) is 16.5. The van der Waals surface area contributed by atoms with Gasteiger partial charge in [0.25, 0.3) is 0 Å². The fraction of sp³-hybridized carbons (Fsp3) is 0.370. The van der Waals surface area contributed by atoms with E-state index in [-0.39, 0.29) is 30.7 Å². The number of nitrogens with one attached hydrogen (secondary N) is 2. The predicted octanol–water partition coefficient (Wildman–Crippen LogP) is 4.88. The van der Waals surface area contributed by atoms with Crippen LogP contribution in [0.3, 0.4) is 0 Å². The van der Waals surface area contributed by atoms with Gasteiger partial charge in [-0.2, -0.15) is 0 Å². The van der Waals surface area contributed by atoms with Gasteiger partial charge in [-0.25, -0.2) is 0 Å². The van der Waals surface area contributed by atoms with Crippen molar-refractivity contribution in [3.8, 4) is 0 Å². The van der Waals surface area contributed by atoms with Gasteiger partial charge in [-0.05, 0) is 48.9 Å². The van der Waals surface area contributed by atoms with Gasteiger partial charge in [0, 0.05) is 24.4 Å². The molecule has 0 radical (unpaired) electrons. The van der Waals surface area contributed by atoms with Crippen molar-refractivity contribution >= 4 is 29.4 Å². The Balaban J connectivity index is 1.64. The Morgan fingerprint density at radius 3 is 2.56 bits per heavy atom. The number of benzene rings is 2. The summed E-state index contributed by atoms with van der Waals surface area (Å²) >= 11 is 5.91. The molecule has 0 saturated carbocycles. The maximum absolute atomic E-state index is 13.0. The van der Waals surface area contributed by atoms with E-state index < -0.39 is 12.0 Å². The molecular formula is C27H31ClN2O4. The minimum atomic E-state index is -0.574. The van der Waals surface area contributed by atoms with Crippen LogP contribution in [-0.2, 0) is 25.7 Å². The summed E-state index contributed by atoms with van der Waals surface area (Å²) < 4.78 is 5.68. The minimum absolute atomic E-state index is 0.0690. The molecule has 6 nitrogen and oxygen atoms in total. The molecule has 2 aromatic rings. The van der Waals surface area contributed by atoms with Gasteiger partial charge >= 0.3 is 5.97 Å². The van der Waals surface area contributed by atoms with Crippen molar-refractivity contribution in [1.82, 2.24) is 10.6 Å². The number of esters is 1. The van der Waals surface area contributed by atoms with Crippen LogP contribution < -0.4 is 10.6 Å². The van der Waals surface area contributed by atoms with Gasteiger partial charge in [0.15, 0.2) is 0 Å². The second kappa shape index (κ2) is 13.6. The Labute approximate surface area is 205 Å². The first kappa shape index (κ1) is 25.5. The molecule has 0 bridgehead atoms. The minimum Gasteiger partial charge on any atom is -0.456 e. The largest absolute Gasteiger partial charge is 0.456 e. The third-order valence-corrected chi connectivity index (χ3v) is 5.95. The number of rotatable bonds is 5. The Morgan fingerprint density at radius 2 is 1.79 bits per heavy atom. The zero-order valence-electron chi connectivity index (χ0n) is 19.2. The van der Waals surface area contributed by atoms with Crippen molar-refractivity contribution in [1.29, 1.82) is 0 Å². The van der Waals surface area contributed by atoms with E-state index in [2.05, 4.69) is 10.6 Å². The molecule has 0 unspecified atom stereocenters. The van der Waals surface area contributed by atoms with E-state index in [1.165, 1.54) is 0 Å². The summed E-state index contributed by atoms with van der Waals surface area (Å²) in [5, 5.41) is 6.41. The van der Waals surface area contributed by atoms with E-state index in [9.17, 15) is 14.4 Å². The van der Waals surface area contributed by atoms with Crippen LogP contribution in [0.15, 0.2) is 66.7 Å². The van der Waals surface area contributed by atoms with Gasteiger partial charge in [-0.1, -0.05) is 66.2 Å². The monoisotopic (exact) mass is 482 g/mol. The molecule has 2 aromatic carbocycles. The van der Waals surface area contributed by atoms with E-state index in [1.54, 1.807) is 12.1 Å². The van der Waals surface area contributed by atoms with Gasteiger partial charge in [-0.3, -0.25) is 14.4 Å². The standard InChI is InChI=1S/C27H31ClN2O4/c28-23-15-13-20(14-16-23)18-29-25(31)17-22-11-5-2-1-3-8-12-26(32)34-24(19-30-27(22)33)21-9-6-4-7-10-21/h2,4-7,9-10,13-16,22,24H,1,3,8,11-12,17-19H2,(H,29,31)(H,30,33)/b5-2+/t22-,24-/m0/s1. The number of halogens is 1. The van der Waals surface area contributed by atoms with Gasteiger partial charge in [0.2, 0.25) is 11.8 Å². The van der Waals surface area contributed by atoms with Gasteiger partial charge in [-0.15, -0.1) is 0 Å². The summed E-state index contributed by atoms with van der Waals surface area (Å²) in [4.78, 5) is 37.9. The molecule has 7 heteroatoms. The van der Waals surface area contributed by atoms with E-state index in [0.717, 1.165) is 30.4 Å². The number of carbonyl (C=O) groups excluding carboxylic acids is 3. The van der Waals surface area contributed by atoms with Crippen LogP contribution in [-0.4, -0.2) is 24.3 Å². The quantitative estimate of drug-likeness (QED) is 0.469. The number of allylic oxidation sites excluding steroid dienone is 2. The van der Waals surface area contributed by atoms with Gasteiger partial charge in [0.05, 0.1) is 12.5 Å². The van der Waals surface area contributed by atoms with E-state index >= 15 is 0 Å². The summed E-state index contributed by atoms with van der Waals surface area (Å²) in [7, 11) is 0. The van der Waals surface area contributed by atoms with Crippen LogP contribution in [0.25, 0.3) is 0 Å². The number of carbonyl (C=O) groups is 3. The van der Waals surface area contributed by atoms with Crippen molar-refractivity contribution in [2.75, 3.05) is 6.54 Å². The van der Waals surface area contributed by atoms with Gasteiger partial charge < -0.3 is 15.4 Å². The average Bonchev–Trinajstić information content (AvgIpc) is 2.84. The molecular weight excluding hydrogens is 452 g/mol. The SMILES string of the molecule is O=C(C[C@@H]1C/C=C/CCCCC(=O)O[C@H](c2ccccc2)CNC1=O)NCc1ccc(Cl)cc1. The number of ether oxygens (including phenoxy) is 1. The van der Waals surface area contributed by atoms with Crippen LogP contribution in [0.2, 0.25) is 5.02 Å². The highest BCUT2D eigenvalue weighted by atomic mass is 35.5. The number of cyclic esters (lactones) is 1. The lowest BCUT2D eigenvalue weighted by molar-refractivity contribution is -0.150. The summed E-state index contributed by atoms with van der Waals surface area (Å²) in [6, 6.07) is 16.6. The van der Waals surface area contributed by atoms with Crippen LogP contribution in [0.1, 0.15) is 55.8 Å². The maximum Gasteiger partial charge on any atom is 0.306 e. The third kappa shape index (κ3) is 8.67. The van der Waals surface area contributed by atoms with E-state index in [1.807, 2.05) is 54.6 Å². The topological polar surface area (TPSA) is 84.5 Å². The highest BCUT2D eigenvalue weighted by Crippen LogP contribution is 2.20. The van der Waals surface area contributed by atoms with Crippen LogP contribution in [0, 0.1) is 5.92 Å². The molecule has 34 heavy (non-hydrogen) atoms. The molecule has 180 valence electrons. The van der Waals surface area contributed by atoms with E-state index in [4.69, 9.17) is 16.3 Å². The van der Waals surface area contributed by atoms with Crippen molar-refractivity contribution in [3.05, 3.63) is 82.9 Å². The first-order valence-corrected chi connectivity index (χ1v) is 12.1. The van der Waals surface area contributed by atoms with Crippen molar-refractivity contribution in [3.63, 3.8) is 0 Å². The number of hydrogen-bond donors (Lipinski definition) is 2. The van der Waals surface area contributed by atoms with E-state index in [0.29, 0.717) is 24.4 Å². The molecule has 3 rings (SSSR count). The van der Waals surface area contributed by atoms with Crippen LogP contribution in [0.4, 0.5) is 0 Å². The summed E-state index contributed by atoms with van der Waals surface area (Å²) in [5.74, 6) is -1.23. The second-order valence-electron chi connectivity index (χ2n) is 8.39. The molecule has 2 atom stereocenters. The molecule has 2 amide bonds. The Morgan fingerprint density at radius 1 is 1.03 bits per heavy atom. The molecule has 0 spiro atoms. The van der Waals surface area contributed by atoms with Gasteiger partial charge in [0.1, 0.15) is 6.10 Å². The lowest BCUT2D eigenvalue weighted by atomic mass is 9.98. The second-order valence-corrected chi connectivity index (χ2v) is 8.83. The zero-order valence-corrected chi connectivity index (χ0v) is 19.9. The Bertz CT molecular complexity index is 976. The summed E-state index contributed by atoms with van der Waals surface area (Å²) in [6.07, 6.45) is 6.69. The fourth-order valence-corrected chi connectivity index (χ4v) is 3.87. The number of amides is 2. The van der Waals surface area contributed by atoms with Crippen LogP contribution >= 0.6 is 11.6 Å². The van der Waals surface area contributed by atoms with Crippen LogP contribution in [0.5, 0.6) is 0 Å². The molecule has 0 fully saturated rings. The molecule has 1 aliphatic heterocycles. The molecule has 1 aliphatic rings. The zero-order chi connectivity index (χ0) is 24.2. The molecule has 0 aromatic heterocycles. The van der Waals surface area contributed by atoms with Crippen molar-refractivity contribution < 1.29 is 19.1 Å². The lowest BCUT2D eigenvalue weighted by Crippen LogP contribution is -2.37.